The SMILES string of the molecule is CC(C)(C)c1cc2cn(-c3ccc(CNCCCN=C(N)N)cc3)c(=O)nc2[nH]1.C[C@@H](CCCc1cc(Cl)c(F)c(C(C)(C)C)c1)N(C)C. The zero-order chi connectivity index (χ0) is 36.5. The summed E-state index contributed by atoms with van der Waals surface area (Å²) in [7, 11) is 4.19. The van der Waals surface area contributed by atoms with E-state index in [-0.39, 0.29) is 33.3 Å². The van der Waals surface area contributed by atoms with Gasteiger partial charge in [-0.3, -0.25) is 9.56 Å². The standard InChI is InChI=1S/C21H29N7O.C17H27ClFN/c1-21(2,3)17-11-15-13-28(20(29)27-18(15)26-17)16-7-5-14(6-8-16)12-24-9-4-10-25-19(22)23;1-12(20(5)6)8-7-9-13-10-14(17(2,3)4)16(19)15(18)11-13/h5-8,11,13,24H,4,9-10,12H2,1-3H3,(H4,22,23,25)(H,26,27,29);10-12H,7-9H2,1-6H3/t;12-/m.0/s1. The Morgan fingerprint density at radius 1 is 1.04 bits per heavy atom. The van der Waals surface area contributed by atoms with Gasteiger partial charge in [0.25, 0.3) is 0 Å². The molecule has 9 nitrogen and oxygen atoms in total. The topological polar surface area (TPSA) is 130 Å². The second-order valence-electron chi connectivity index (χ2n) is 15.0. The number of nitrogens with one attached hydrogen (secondary N) is 2. The van der Waals surface area contributed by atoms with Gasteiger partial charge in [-0.1, -0.05) is 71.3 Å². The number of nitrogens with two attached hydrogens (primary N) is 2. The molecule has 2 heterocycles. The highest BCUT2D eigenvalue weighted by molar-refractivity contribution is 6.30. The highest BCUT2D eigenvalue weighted by Crippen LogP contribution is 2.31. The van der Waals surface area contributed by atoms with Crippen LogP contribution in [0.5, 0.6) is 0 Å². The Labute approximate surface area is 296 Å². The van der Waals surface area contributed by atoms with Crippen molar-refractivity contribution in [2.75, 3.05) is 27.2 Å². The summed E-state index contributed by atoms with van der Waals surface area (Å²) < 4.78 is 15.7. The fourth-order valence-corrected chi connectivity index (χ4v) is 5.44. The Kier molecular flexibility index (Phi) is 14.0. The fourth-order valence-electron chi connectivity index (χ4n) is 5.20. The number of benzene rings is 2. The van der Waals surface area contributed by atoms with Gasteiger partial charge in [-0.2, -0.15) is 4.98 Å². The molecule has 0 aliphatic rings. The third-order valence-corrected chi connectivity index (χ3v) is 8.81. The average molecular weight is 695 g/mol. The summed E-state index contributed by atoms with van der Waals surface area (Å²) in [6, 6.07) is 14.2. The third kappa shape index (κ3) is 12.0. The molecule has 0 aliphatic carbocycles. The van der Waals surface area contributed by atoms with Crippen LogP contribution in [0.1, 0.15) is 90.1 Å². The van der Waals surface area contributed by atoms with E-state index in [1.807, 2.05) is 57.3 Å². The first-order chi connectivity index (χ1) is 22.9. The van der Waals surface area contributed by atoms with Crippen molar-refractivity contribution in [3.05, 3.63) is 92.4 Å². The molecule has 0 saturated heterocycles. The van der Waals surface area contributed by atoms with Crippen LogP contribution in [-0.4, -0.2) is 58.6 Å². The van der Waals surface area contributed by atoms with E-state index in [9.17, 15) is 9.18 Å². The van der Waals surface area contributed by atoms with Crippen LogP contribution in [0.2, 0.25) is 5.02 Å². The van der Waals surface area contributed by atoms with Crippen LogP contribution in [0.25, 0.3) is 16.7 Å². The minimum Gasteiger partial charge on any atom is -0.370 e. The number of nitrogens with zero attached hydrogens (tertiary/aromatic N) is 4. The molecular weight excluding hydrogens is 639 g/mol. The monoisotopic (exact) mass is 694 g/mol. The zero-order valence-electron chi connectivity index (χ0n) is 30.8. The molecule has 0 unspecified atom stereocenters. The predicted molar refractivity (Wildman–Crippen MR) is 204 cm³/mol. The summed E-state index contributed by atoms with van der Waals surface area (Å²) in [5.41, 5.74) is 15.5. The van der Waals surface area contributed by atoms with Crippen molar-refractivity contribution in [1.29, 1.82) is 0 Å². The molecular formula is C38H56ClFN8O. The number of fused-ring (bicyclic) bond motifs is 1. The van der Waals surface area contributed by atoms with Crippen molar-refractivity contribution in [2.24, 2.45) is 16.5 Å². The van der Waals surface area contributed by atoms with Crippen LogP contribution in [0.15, 0.2) is 58.4 Å². The maximum atomic E-state index is 14.1. The highest BCUT2D eigenvalue weighted by Gasteiger charge is 2.21. The molecule has 11 heteroatoms. The first kappa shape index (κ1) is 39.7. The Hall–Kier alpha value is -3.73. The number of aliphatic imine (C=N–C) groups is 1. The summed E-state index contributed by atoms with van der Waals surface area (Å²) >= 11 is 6.03. The fraction of sp³-hybridized carbons (Fsp3) is 0.500. The van der Waals surface area contributed by atoms with Crippen molar-refractivity contribution in [3.63, 3.8) is 0 Å². The van der Waals surface area contributed by atoms with E-state index < -0.39 is 0 Å². The lowest BCUT2D eigenvalue weighted by Gasteiger charge is -2.22. The number of H-pyrrole nitrogens is 1. The Balaban J connectivity index is 0.000000286. The molecule has 0 amide bonds. The van der Waals surface area contributed by atoms with Crippen LogP contribution >= 0.6 is 11.6 Å². The average Bonchev–Trinajstić information content (AvgIpc) is 3.43. The second-order valence-corrected chi connectivity index (χ2v) is 15.4. The minimum absolute atomic E-state index is 0.0352. The van der Waals surface area contributed by atoms with Crippen molar-refractivity contribution >= 4 is 28.6 Å². The van der Waals surface area contributed by atoms with Crippen LogP contribution in [-0.2, 0) is 23.8 Å². The normalized spacial score (nSPS) is 12.6. The van der Waals surface area contributed by atoms with Gasteiger partial charge in [-0.15, -0.1) is 0 Å². The molecule has 0 spiro atoms. The summed E-state index contributed by atoms with van der Waals surface area (Å²) in [4.78, 5) is 26.1. The molecule has 1 atom stereocenters. The van der Waals surface area contributed by atoms with E-state index in [4.69, 9.17) is 23.1 Å². The van der Waals surface area contributed by atoms with E-state index in [1.165, 1.54) is 0 Å². The van der Waals surface area contributed by atoms with E-state index in [0.29, 0.717) is 23.8 Å². The van der Waals surface area contributed by atoms with Gasteiger partial charge in [0.1, 0.15) is 11.5 Å². The molecule has 0 fully saturated rings. The Morgan fingerprint density at radius 2 is 1.71 bits per heavy atom. The number of halogens is 2. The molecule has 0 radical (unpaired) electrons. The van der Waals surface area contributed by atoms with Gasteiger partial charge in [-0.05, 0) is 99.6 Å². The van der Waals surface area contributed by atoms with Gasteiger partial charge in [-0.25, -0.2) is 9.18 Å². The second kappa shape index (κ2) is 17.3. The third-order valence-electron chi connectivity index (χ3n) is 8.53. The first-order valence-electron chi connectivity index (χ1n) is 17.0. The highest BCUT2D eigenvalue weighted by atomic mass is 35.5. The summed E-state index contributed by atoms with van der Waals surface area (Å²) in [5.74, 6) is -0.151. The van der Waals surface area contributed by atoms with Crippen molar-refractivity contribution in [3.8, 4) is 5.69 Å². The van der Waals surface area contributed by atoms with E-state index >= 15 is 0 Å². The quantitative estimate of drug-likeness (QED) is 0.0732. The number of hydrogen-bond acceptors (Lipinski definition) is 5. The number of rotatable bonds is 12. The van der Waals surface area contributed by atoms with Crippen LogP contribution < -0.4 is 22.5 Å². The molecule has 49 heavy (non-hydrogen) atoms. The number of aromatic nitrogens is 3. The van der Waals surface area contributed by atoms with Crippen LogP contribution in [0, 0.1) is 5.82 Å². The Bertz CT molecular complexity index is 1740. The lowest BCUT2D eigenvalue weighted by atomic mass is 9.85. The summed E-state index contributed by atoms with van der Waals surface area (Å²) in [5, 5.41) is 4.51. The molecule has 0 saturated carbocycles. The number of aromatic amines is 1. The summed E-state index contributed by atoms with van der Waals surface area (Å²) in [6.45, 7) is 16.8. The number of hydrogen-bond donors (Lipinski definition) is 4. The predicted octanol–water partition coefficient (Wildman–Crippen LogP) is 6.81. The molecule has 268 valence electrons. The van der Waals surface area contributed by atoms with Gasteiger partial charge in [0, 0.05) is 41.8 Å². The van der Waals surface area contributed by atoms with Crippen LogP contribution in [0.4, 0.5) is 4.39 Å². The number of guanidine groups is 1. The summed E-state index contributed by atoms with van der Waals surface area (Å²) in [6.07, 6.45) is 5.87. The van der Waals surface area contributed by atoms with Gasteiger partial charge in [0.05, 0.1) is 10.7 Å². The van der Waals surface area contributed by atoms with Gasteiger partial charge in [0.2, 0.25) is 0 Å². The van der Waals surface area contributed by atoms with Gasteiger partial charge >= 0.3 is 5.69 Å². The van der Waals surface area contributed by atoms with E-state index in [1.54, 1.807) is 10.6 Å². The van der Waals surface area contributed by atoms with Crippen molar-refractivity contribution in [1.82, 2.24) is 24.8 Å². The molecule has 2 aromatic heterocycles. The smallest absolute Gasteiger partial charge is 0.354 e. The van der Waals surface area contributed by atoms with Gasteiger partial charge < -0.3 is 26.7 Å². The molecule has 0 aliphatic heterocycles. The maximum Gasteiger partial charge on any atom is 0.354 e. The zero-order valence-corrected chi connectivity index (χ0v) is 31.5. The molecule has 4 aromatic rings. The van der Waals surface area contributed by atoms with Crippen molar-refractivity contribution in [2.45, 2.75) is 97.6 Å². The molecule has 0 bridgehead atoms. The lowest BCUT2D eigenvalue weighted by Crippen LogP contribution is -2.24. The lowest BCUT2D eigenvalue weighted by molar-refractivity contribution is 0.294. The van der Waals surface area contributed by atoms with Crippen molar-refractivity contribution < 1.29 is 4.39 Å². The van der Waals surface area contributed by atoms with E-state index in [2.05, 4.69) is 73.0 Å². The molecule has 4 rings (SSSR count). The van der Waals surface area contributed by atoms with E-state index in [0.717, 1.165) is 66.7 Å². The maximum absolute atomic E-state index is 14.1. The Morgan fingerprint density at radius 3 is 2.31 bits per heavy atom. The number of aryl methyl sites for hydroxylation is 1. The first-order valence-corrected chi connectivity index (χ1v) is 17.4. The minimum atomic E-state index is -0.301. The molecule has 2 aromatic carbocycles. The van der Waals surface area contributed by atoms with Gasteiger partial charge in [0.15, 0.2) is 5.96 Å². The largest absolute Gasteiger partial charge is 0.370 e. The van der Waals surface area contributed by atoms with Crippen LogP contribution in [0.3, 0.4) is 0 Å². The molecule has 6 N–H and O–H groups in total.